The molecule has 11 nitrogen and oxygen atoms in total. The zero-order chi connectivity index (χ0) is 37.1. The van der Waals surface area contributed by atoms with Gasteiger partial charge in [-0.2, -0.15) is 0 Å². The largest absolute Gasteiger partial charge is 0.467 e. The zero-order valence-electron chi connectivity index (χ0n) is 31.0. The second kappa shape index (κ2) is 16.2. The van der Waals surface area contributed by atoms with Crippen LogP contribution >= 0.6 is 0 Å². The molecule has 12 heteroatoms. The Kier molecular flexibility index (Phi) is 12.0. The SMILES string of the molecule is COC(=O)C12COC([C@H](O[C@@H]3C(CO[Si](c4ccccc4)(c4ccccc4)C(C)(C)C)O[C@H](OC)C(C)[C@@H]3OCc3ccccc3)O1)[C@@H](OC)[C@H]2O. The van der Waals surface area contributed by atoms with Crippen LogP contribution in [0.25, 0.3) is 0 Å². The Bertz CT molecular complexity index is 1550. The van der Waals surface area contributed by atoms with Crippen molar-refractivity contribution in [3.05, 3.63) is 96.6 Å². The molecule has 10 atom stereocenters. The van der Waals surface area contributed by atoms with Crippen LogP contribution in [0.4, 0.5) is 0 Å². The van der Waals surface area contributed by atoms with Gasteiger partial charge in [0.2, 0.25) is 5.60 Å². The fourth-order valence-electron chi connectivity index (χ4n) is 7.97. The lowest BCUT2D eigenvalue weighted by Crippen LogP contribution is -2.76. The van der Waals surface area contributed by atoms with Crippen LogP contribution in [-0.4, -0.2) is 109 Å². The summed E-state index contributed by atoms with van der Waals surface area (Å²) < 4.78 is 56.8. The van der Waals surface area contributed by atoms with E-state index in [1.807, 2.05) is 73.7 Å². The number of carbonyl (C=O) groups is 1. The van der Waals surface area contributed by atoms with Crippen LogP contribution in [0.5, 0.6) is 0 Å². The summed E-state index contributed by atoms with van der Waals surface area (Å²) in [6.07, 6.45) is -7.07. The maximum absolute atomic E-state index is 13.2. The average molecular weight is 737 g/mol. The lowest BCUT2D eigenvalue weighted by molar-refractivity contribution is -0.407. The lowest BCUT2D eigenvalue weighted by Gasteiger charge is -2.55. The molecule has 0 radical (unpaired) electrons. The normalized spacial score (nSPS) is 32.0. The second-order valence-corrected chi connectivity index (χ2v) is 19.1. The van der Waals surface area contributed by atoms with E-state index in [1.54, 1.807) is 7.11 Å². The van der Waals surface area contributed by atoms with Crippen LogP contribution in [0.2, 0.25) is 5.04 Å². The summed E-state index contributed by atoms with van der Waals surface area (Å²) in [5.41, 5.74) is -0.871. The minimum atomic E-state index is -3.02. The highest BCUT2D eigenvalue weighted by Gasteiger charge is 2.66. The maximum atomic E-state index is 13.2. The van der Waals surface area contributed by atoms with Gasteiger partial charge in [0.25, 0.3) is 8.32 Å². The summed E-state index contributed by atoms with van der Waals surface area (Å²) in [6, 6.07) is 30.6. The van der Waals surface area contributed by atoms with E-state index < -0.39 is 69.1 Å². The van der Waals surface area contributed by atoms with Crippen molar-refractivity contribution in [3.8, 4) is 0 Å². The Morgan fingerprint density at radius 3 is 1.98 bits per heavy atom. The molecule has 1 N–H and O–H groups in total. The molecule has 7 rings (SSSR count). The molecule has 2 bridgehead atoms. The molecule has 4 unspecified atom stereocenters. The topological polar surface area (TPSA) is 120 Å². The number of ether oxygens (including phenoxy) is 8. The molecule has 4 heterocycles. The molecular weight excluding hydrogens is 685 g/mol. The first-order valence-electron chi connectivity index (χ1n) is 17.8. The third kappa shape index (κ3) is 7.14. The van der Waals surface area contributed by atoms with Crippen LogP contribution < -0.4 is 10.4 Å². The Balaban J connectivity index is 1.40. The third-order valence-electron chi connectivity index (χ3n) is 10.6. The molecule has 52 heavy (non-hydrogen) atoms. The van der Waals surface area contributed by atoms with Crippen molar-refractivity contribution in [2.75, 3.05) is 34.5 Å². The molecule has 0 aromatic heterocycles. The van der Waals surface area contributed by atoms with E-state index in [-0.39, 0.29) is 24.2 Å². The fourth-order valence-corrected chi connectivity index (χ4v) is 12.5. The van der Waals surface area contributed by atoms with Gasteiger partial charge in [0.1, 0.15) is 30.5 Å². The van der Waals surface area contributed by atoms with E-state index in [0.717, 1.165) is 15.9 Å². The van der Waals surface area contributed by atoms with E-state index in [9.17, 15) is 9.90 Å². The summed E-state index contributed by atoms with van der Waals surface area (Å²) in [5.74, 6) is -1.09. The Morgan fingerprint density at radius 1 is 0.846 bits per heavy atom. The molecular formula is C40H52O11Si. The summed E-state index contributed by atoms with van der Waals surface area (Å²) >= 11 is 0. The van der Waals surface area contributed by atoms with E-state index in [0.29, 0.717) is 6.61 Å². The lowest BCUT2D eigenvalue weighted by atomic mass is 9.84. The van der Waals surface area contributed by atoms with Gasteiger partial charge in [0, 0.05) is 20.1 Å². The average Bonchev–Trinajstić information content (AvgIpc) is 3.16. The van der Waals surface area contributed by atoms with Crippen molar-refractivity contribution in [3.63, 3.8) is 0 Å². The number of hydrogen-bond acceptors (Lipinski definition) is 11. The number of aliphatic hydroxyl groups excluding tert-OH is 1. The molecule has 0 spiro atoms. The highest BCUT2D eigenvalue weighted by atomic mass is 28.4. The first-order chi connectivity index (χ1) is 25.0. The molecule has 4 aliphatic rings. The molecule has 4 saturated heterocycles. The minimum absolute atomic E-state index is 0.118. The van der Waals surface area contributed by atoms with Crippen LogP contribution in [0.15, 0.2) is 91.0 Å². The van der Waals surface area contributed by atoms with Crippen LogP contribution in [0.1, 0.15) is 33.3 Å². The third-order valence-corrected chi connectivity index (χ3v) is 15.6. The van der Waals surface area contributed by atoms with Gasteiger partial charge in [-0.15, -0.1) is 0 Å². The Morgan fingerprint density at radius 2 is 1.44 bits per heavy atom. The second-order valence-electron chi connectivity index (χ2n) is 14.8. The van der Waals surface area contributed by atoms with Gasteiger partial charge in [0.05, 0.1) is 33.0 Å². The van der Waals surface area contributed by atoms with Crippen molar-refractivity contribution in [2.45, 2.75) is 94.1 Å². The smallest absolute Gasteiger partial charge is 0.343 e. The molecule has 4 aliphatic heterocycles. The highest BCUT2D eigenvalue weighted by Crippen LogP contribution is 2.43. The summed E-state index contributed by atoms with van der Waals surface area (Å²) in [6.45, 7) is 8.83. The van der Waals surface area contributed by atoms with E-state index in [4.69, 9.17) is 42.3 Å². The molecule has 3 aromatic rings. The molecule has 0 saturated carbocycles. The zero-order valence-corrected chi connectivity index (χ0v) is 32.0. The number of carbonyl (C=O) groups excluding carboxylic acids is 1. The number of aliphatic hydroxyl groups is 1. The van der Waals surface area contributed by atoms with Gasteiger partial charge < -0.3 is 47.4 Å². The van der Waals surface area contributed by atoms with Crippen LogP contribution in [0, 0.1) is 5.92 Å². The first kappa shape index (κ1) is 38.7. The summed E-state index contributed by atoms with van der Waals surface area (Å²) in [5, 5.41) is 13.2. The van der Waals surface area contributed by atoms with Crippen LogP contribution in [-0.2, 0) is 53.7 Å². The van der Waals surface area contributed by atoms with Crippen molar-refractivity contribution >= 4 is 24.7 Å². The standard InChI is InChI=1S/C40H52O11Si/c1-26-31(46-23-27-17-11-8-12-18-27)32(50-37-34-33(43-5)35(41)40(51-37,25-47-34)38(42)45-7)30(49-36(26)44-6)24-48-52(39(2,3)4,28-19-13-9-14-20-28)29-21-15-10-16-22-29/h8-22,26,30-37,41H,23-25H2,1-7H3/t26?,30?,31-,32+,33+,34?,35+,36-,37+,40?/m0/s1. The van der Waals surface area contributed by atoms with Gasteiger partial charge in [-0.25, -0.2) is 4.79 Å². The molecule has 0 amide bonds. The molecule has 282 valence electrons. The van der Waals surface area contributed by atoms with Crippen molar-refractivity contribution in [1.29, 1.82) is 0 Å². The van der Waals surface area contributed by atoms with Gasteiger partial charge >= 0.3 is 5.97 Å². The van der Waals surface area contributed by atoms with Crippen LogP contribution in [0.3, 0.4) is 0 Å². The van der Waals surface area contributed by atoms with Gasteiger partial charge in [0.15, 0.2) is 12.6 Å². The summed E-state index contributed by atoms with van der Waals surface area (Å²) in [7, 11) is 1.27. The number of benzene rings is 3. The van der Waals surface area contributed by atoms with Crippen molar-refractivity contribution in [2.24, 2.45) is 5.92 Å². The van der Waals surface area contributed by atoms with Crippen molar-refractivity contribution < 1.29 is 52.2 Å². The maximum Gasteiger partial charge on any atom is 0.343 e. The number of esters is 1. The molecule has 0 aliphatic carbocycles. The Labute approximate surface area is 307 Å². The number of methoxy groups -OCH3 is 3. The van der Waals surface area contributed by atoms with Gasteiger partial charge in [-0.1, -0.05) is 119 Å². The summed E-state index contributed by atoms with van der Waals surface area (Å²) in [4.78, 5) is 13.2. The quantitative estimate of drug-likeness (QED) is 0.205. The monoisotopic (exact) mass is 736 g/mol. The van der Waals surface area contributed by atoms with Gasteiger partial charge in [-0.05, 0) is 21.0 Å². The molecule has 4 fully saturated rings. The van der Waals surface area contributed by atoms with Gasteiger partial charge in [-0.3, -0.25) is 0 Å². The van der Waals surface area contributed by atoms with E-state index in [2.05, 4.69) is 45.0 Å². The Hall–Kier alpha value is -3.01. The predicted octanol–water partition coefficient (Wildman–Crippen LogP) is 3.58. The number of hydrogen-bond donors (Lipinski definition) is 1. The molecule has 3 aromatic carbocycles. The first-order valence-corrected chi connectivity index (χ1v) is 19.7. The predicted molar refractivity (Wildman–Crippen MR) is 194 cm³/mol. The number of fused-ring (bicyclic) bond motifs is 3. The van der Waals surface area contributed by atoms with E-state index in [1.165, 1.54) is 14.2 Å². The van der Waals surface area contributed by atoms with E-state index >= 15 is 0 Å². The fraction of sp³-hybridized carbons (Fsp3) is 0.525. The number of rotatable bonds is 13. The highest BCUT2D eigenvalue weighted by molar-refractivity contribution is 6.99. The van der Waals surface area contributed by atoms with Crippen molar-refractivity contribution in [1.82, 2.24) is 0 Å². The minimum Gasteiger partial charge on any atom is -0.467 e.